The summed E-state index contributed by atoms with van der Waals surface area (Å²) in [6.07, 6.45) is 5.27. The molecule has 1 aliphatic heterocycles. The van der Waals surface area contributed by atoms with E-state index in [9.17, 15) is 0 Å². The zero-order chi connectivity index (χ0) is 10.6. The topological polar surface area (TPSA) is 29.5 Å². The van der Waals surface area contributed by atoms with Crippen LogP contribution >= 0.6 is 0 Å². The van der Waals surface area contributed by atoms with Gasteiger partial charge in [-0.15, -0.1) is 0 Å². The predicted octanol–water partition coefficient (Wildman–Crippen LogP) is 2.60. The largest absolute Gasteiger partial charge is 0.396 e. The van der Waals surface area contributed by atoms with Crippen LogP contribution in [0.3, 0.4) is 0 Å². The van der Waals surface area contributed by atoms with Crippen LogP contribution in [0.25, 0.3) is 0 Å². The monoisotopic (exact) mass is 200 g/mol. The second-order valence-electron chi connectivity index (χ2n) is 4.52. The summed E-state index contributed by atoms with van der Waals surface area (Å²) in [6, 6.07) is 0. The molecule has 0 amide bonds. The number of aliphatic hydroxyl groups is 1. The van der Waals surface area contributed by atoms with Gasteiger partial charge >= 0.3 is 0 Å². The Bertz CT molecular complexity index is 158. The summed E-state index contributed by atoms with van der Waals surface area (Å²) in [4.78, 5) is 0. The molecule has 0 bridgehead atoms. The van der Waals surface area contributed by atoms with Crippen LogP contribution in [0, 0.1) is 11.8 Å². The molecular formula is C12H24O2. The summed E-state index contributed by atoms with van der Waals surface area (Å²) >= 11 is 0. The van der Waals surface area contributed by atoms with E-state index in [1.54, 1.807) is 0 Å². The van der Waals surface area contributed by atoms with Crippen molar-refractivity contribution in [3.05, 3.63) is 0 Å². The molecule has 1 N–H and O–H groups in total. The van der Waals surface area contributed by atoms with Crippen molar-refractivity contribution < 1.29 is 9.84 Å². The molecule has 2 heteroatoms. The van der Waals surface area contributed by atoms with Crippen LogP contribution in [-0.2, 0) is 4.74 Å². The third kappa shape index (κ3) is 2.71. The van der Waals surface area contributed by atoms with E-state index in [0.717, 1.165) is 12.8 Å². The van der Waals surface area contributed by atoms with Crippen molar-refractivity contribution in [1.82, 2.24) is 0 Å². The Morgan fingerprint density at radius 3 is 2.57 bits per heavy atom. The van der Waals surface area contributed by atoms with Crippen molar-refractivity contribution >= 4 is 0 Å². The lowest BCUT2D eigenvalue weighted by atomic mass is 9.87. The highest BCUT2D eigenvalue weighted by molar-refractivity contribution is 4.84. The van der Waals surface area contributed by atoms with Gasteiger partial charge in [0.1, 0.15) is 0 Å². The molecule has 0 spiro atoms. The van der Waals surface area contributed by atoms with Crippen molar-refractivity contribution in [1.29, 1.82) is 0 Å². The molecule has 2 nitrogen and oxygen atoms in total. The molecule has 4 unspecified atom stereocenters. The van der Waals surface area contributed by atoms with Gasteiger partial charge in [0.05, 0.1) is 12.2 Å². The SMILES string of the molecule is CCC1CC(CC)C(C(C)CCO)O1. The standard InChI is InChI=1S/C12H24O2/c1-4-10-8-11(5-2)14-12(10)9(3)6-7-13/h9-13H,4-8H2,1-3H3. The maximum Gasteiger partial charge on any atom is 0.0634 e. The van der Waals surface area contributed by atoms with Gasteiger partial charge in [0, 0.05) is 6.61 Å². The van der Waals surface area contributed by atoms with E-state index in [0.29, 0.717) is 24.0 Å². The van der Waals surface area contributed by atoms with Crippen molar-refractivity contribution in [2.75, 3.05) is 6.61 Å². The molecule has 1 fully saturated rings. The molecule has 0 aromatic carbocycles. The highest BCUT2D eigenvalue weighted by Crippen LogP contribution is 2.35. The molecule has 0 aromatic heterocycles. The minimum absolute atomic E-state index is 0.286. The Morgan fingerprint density at radius 1 is 1.36 bits per heavy atom. The van der Waals surface area contributed by atoms with E-state index in [1.807, 2.05) is 0 Å². The van der Waals surface area contributed by atoms with Gasteiger partial charge in [-0.25, -0.2) is 0 Å². The molecule has 14 heavy (non-hydrogen) atoms. The zero-order valence-electron chi connectivity index (χ0n) is 9.70. The number of hydrogen-bond acceptors (Lipinski definition) is 2. The van der Waals surface area contributed by atoms with E-state index >= 15 is 0 Å². The maximum absolute atomic E-state index is 8.92. The minimum Gasteiger partial charge on any atom is -0.396 e. The average molecular weight is 200 g/mol. The van der Waals surface area contributed by atoms with Crippen molar-refractivity contribution in [3.63, 3.8) is 0 Å². The summed E-state index contributed by atoms with van der Waals surface area (Å²) in [7, 11) is 0. The third-order valence-corrected chi connectivity index (χ3v) is 3.50. The van der Waals surface area contributed by atoms with Crippen LogP contribution in [0.1, 0.15) is 46.5 Å². The Kier molecular flexibility index (Phi) is 4.90. The molecule has 84 valence electrons. The molecule has 1 aliphatic rings. The lowest BCUT2D eigenvalue weighted by Crippen LogP contribution is -2.25. The molecule has 4 atom stereocenters. The van der Waals surface area contributed by atoms with Crippen molar-refractivity contribution in [2.24, 2.45) is 11.8 Å². The van der Waals surface area contributed by atoms with Gasteiger partial charge in [-0.1, -0.05) is 27.2 Å². The fraction of sp³-hybridized carbons (Fsp3) is 1.00. The molecule has 0 aliphatic carbocycles. The molecule has 1 heterocycles. The Balaban J connectivity index is 2.49. The summed E-state index contributed by atoms with van der Waals surface area (Å²) in [5.41, 5.74) is 0. The van der Waals surface area contributed by atoms with Gasteiger partial charge in [0.15, 0.2) is 0 Å². The molecule has 0 aromatic rings. The zero-order valence-corrected chi connectivity index (χ0v) is 9.70. The second-order valence-corrected chi connectivity index (χ2v) is 4.52. The van der Waals surface area contributed by atoms with Gasteiger partial charge < -0.3 is 9.84 Å². The quantitative estimate of drug-likeness (QED) is 0.739. The Hall–Kier alpha value is -0.0800. The van der Waals surface area contributed by atoms with Crippen LogP contribution in [0.4, 0.5) is 0 Å². The normalized spacial score (nSPS) is 34.7. The second kappa shape index (κ2) is 5.72. The van der Waals surface area contributed by atoms with Gasteiger partial charge in [-0.05, 0) is 31.1 Å². The van der Waals surface area contributed by atoms with Crippen molar-refractivity contribution in [2.45, 2.75) is 58.7 Å². The van der Waals surface area contributed by atoms with Gasteiger partial charge in [0.25, 0.3) is 0 Å². The number of aliphatic hydroxyl groups excluding tert-OH is 1. The number of hydrogen-bond donors (Lipinski definition) is 1. The van der Waals surface area contributed by atoms with Crippen LogP contribution < -0.4 is 0 Å². The van der Waals surface area contributed by atoms with E-state index in [4.69, 9.17) is 9.84 Å². The fourth-order valence-electron chi connectivity index (χ4n) is 2.49. The van der Waals surface area contributed by atoms with E-state index in [2.05, 4.69) is 20.8 Å². The van der Waals surface area contributed by atoms with Crippen LogP contribution in [-0.4, -0.2) is 23.9 Å². The lowest BCUT2D eigenvalue weighted by molar-refractivity contribution is -0.00520. The Labute approximate surface area is 87.7 Å². The summed E-state index contributed by atoms with van der Waals surface area (Å²) < 4.78 is 6.02. The first kappa shape index (κ1) is 12.0. The maximum atomic E-state index is 8.92. The first-order valence-electron chi connectivity index (χ1n) is 5.99. The van der Waals surface area contributed by atoms with Crippen LogP contribution in [0.15, 0.2) is 0 Å². The average Bonchev–Trinajstić information content (AvgIpc) is 2.61. The highest BCUT2D eigenvalue weighted by atomic mass is 16.5. The first-order chi connectivity index (χ1) is 6.72. The molecule has 0 radical (unpaired) electrons. The van der Waals surface area contributed by atoms with E-state index < -0.39 is 0 Å². The summed E-state index contributed by atoms with van der Waals surface area (Å²) in [5, 5.41) is 8.92. The summed E-state index contributed by atoms with van der Waals surface area (Å²) in [6.45, 7) is 6.91. The molecule has 1 saturated heterocycles. The smallest absolute Gasteiger partial charge is 0.0634 e. The van der Waals surface area contributed by atoms with E-state index in [1.165, 1.54) is 12.8 Å². The lowest BCUT2D eigenvalue weighted by Gasteiger charge is -2.23. The number of rotatable bonds is 5. The van der Waals surface area contributed by atoms with Gasteiger partial charge in [-0.3, -0.25) is 0 Å². The number of ether oxygens (including phenoxy) is 1. The molecular weight excluding hydrogens is 176 g/mol. The molecule has 0 saturated carbocycles. The molecule has 1 rings (SSSR count). The third-order valence-electron chi connectivity index (χ3n) is 3.50. The minimum atomic E-state index is 0.286. The van der Waals surface area contributed by atoms with Gasteiger partial charge in [0.2, 0.25) is 0 Å². The van der Waals surface area contributed by atoms with Crippen LogP contribution in [0.5, 0.6) is 0 Å². The van der Waals surface area contributed by atoms with Gasteiger partial charge in [-0.2, -0.15) is 0 Å². The first-order valence-corrected chi connectivity index (χ1v) is 5.99. The highest BCUT2D eigenvalue weighted by Gasteiger charge is 2.35. The summed E-state index contributed by atoms with van der Waals surface area (Å²) in [5.74, 6) is 1.21. The van der Waals surface area contributed by atoms with E-state index in [-0.39, 0.29) is 6.61 Å². The Morgan fingerprint density at radius 2 is 2.07 bits per heavy atom. The fourth-order valence-corrected chi connectivity index (χ4v) is 2.49. The van der Waals surface area contributed by atoms with Crippen molar-refractivity contribution in [3.8, 4) is 0 Å². The van der Waals surface area contributed by atoms with Crippen LogP contribution in [0.2, 0.25) is 0 Å². The predicted molar refractivity (Wildman–Crippen MR) is 58.2 cm³/mol.